The van der Waals surface area contributed by atoms with Crippen LogP contribution in [0, 0.1) is 0 Å². The number of halogens is 3. The molecule has 0 spiro atoms. The first-order valence-corrected chi connectivity index (χ1v) is 12.1. The van der Waals surface area contributed by atoms with Gasteiger partial charge in [0.25, 0.3) is 0 Å². The second-order valence-corrected chi connectivity index (χ2v) is 10.5. The number of likely N-dealkylation sites (tertiary alicyclic amines) is 1. The molecule has 31 heavy (non-hydrogen) atoms. The summed E-state index contributed by atoms with van der Waals surface area (Å²) in [6.07, 6.45) is -1.55. The molecule has 6 nitrogen and oxygen atoms in total. The third kappa shape index (κ3) is 5.06. The topological polar surface area (TPSA) is 60.9 Å². The fourth-order valence-corrected chi connectivity index (χ4v) is 6.01. The summed E-state index contributed by atoms with van der Waals surface area (Å²) in [6.45, 7) is 6.90. The highest BCUT2D eigenvalue weighted by atomic mass is 32.2. The molecule has 0 unspecified atom stereocenters. The van der Waals surface area contributed by atoms with Crippen LogP contribution in [0.1, 0.15) is 45.6 Å². The molecule has 0 radical (unpaired) electrons. The van der Waals surface area contributed by atoms with E-state index in [1.807, 2.05) is 16.7 Å². The SMILES string of the molecule is C[C@H](C(=O)N1[C@H](C)CCC[C@H]1C)N1CCN(S(=O)(=O)c2cccc(C(F)(F)F)c2)CC1. The first-order chi connectivity index (χ1) is 14.4. The van der Waals surface area contributed by atoms with Crippen molar-refractivity contribution in [1.82, 2.24) is 14.1 Å². The van der Waals surface area contributed by atoms with Gasteiger partial charge in [-0.15, -0.1) is 0 Å². The molecule has 174 valence electrons. The maximum absolute atomic E-state index is 13.1. The van der Waals surface area contributed by atoms with Gasteiger partial charge in [-0.05, 0) is 58.2 Å². The molecule has 0 bridgehead atoms. The Labute approximate surface area is 182 Å². The van der Waals surface area contributed by atoms with Crippen LogP contribution in [0.5, 0.6) is 0 Å². The highest BCUT2D eigenvalue weighted by Gasteiger charge is 2.37. The van der Waals surface area contributed by atoms with Crippen molar-refractivity contribution in [3.8, 4) is 0 Å². The van der Waals surface area contributed by atoms with Crippen LogP contribution in [0.3, 0.4) is 0 Å². The summed E-state index contributed by atoms with van der Waals surface area (Å²) < 4.78 is 65.9. The van der Waals surface area contributed by atoms with Crippen LogP contribution < -0.4 is 0 Å². The minimum absolute atomic E-state index is 0.0499. The molecule has 2 fully saturated rings. The molecule has 0 aromatic heterocycles. The molecule has 2 heterocycles. The first kappa shape index (κ1) is 24.0. The Hall–Kier alpha value is -1.65. The molecular formula is C21H30F3N3O3S. The molecule has 2 aliphatic rings. The molecule has 3 atom stereocenters. The van der Waals surface area contributed by atoms with Crippen molar-refractivity contribution >= 4 is 15.9 Å². The molecule has 1 aromatic rings. The predicted molar refractivity (Wildman–Crippen MR) is 111 cm³/mol. The number of piperidine rings is 1. The van der Waals surface area contributed by atoms with Gasteiger partial charge in [0.15, 0.2) is 0 Å². The van der Waals surface area contributed by atoms with Crippen molar-refractivity contribution in [1.29, 1.82) is 0 Å². The fourth-order valence-electron chi connectivity index (χ4n) is 4.54. The first-order valence-electron chi connectivity index (χ1n) is 10.7. The van der Waals surface area contributed by atoms with Crippen molar-refractivity contribution in [2.75, 3.05) is 26.2 Å². The number of hydrogen-bond donors (Lipinski definition) is 0. The number of carbonyl (C=O) groups excluding carboxylic acids is 1. The van der Waals surface area contributed by atoms with Gasteiger partial charge in [-0.3, -0.25) is 9.69 Å². The van der Waals surface area contributed by atoms with Crippen molar-refractivity contribution in [2.45, 2.75) is 69.2 Å². The van der Waals surface area contributed by atoms with Gasteiger partial charge >= 0.3 is 6.18 Å². The van der Waals surface area contributed by atoms with E-state index in [-0.39, 0.29) is 42.0 Å². The normalized spacial score (nSPS) is 25.4. The lowest BCUT2D eigenvalue weighted by Crippen LogP contribution is -2.58. The van der Waals surface area contributed by atoms with Crippen LogP contribution >= 0.6 is 0 Å². The molecule has 0 N–H and O–H groups in total. The number of nitrogens with zero attached hydrogens (tertiary/aromatic N) is 3. The zero-order valence-electron chi connectivity index (χ0n) is 18.1. The van der Waals surface area contributed by atoms with Crippen LogP contribution in [-0.2, 0) is 21.0 Å². The van der Waals surface area contributed by atoms with E-state index in [1.54, 1.807) is 0 Å². The molecular weight excluding hydrogens is 431 g/mol. The number of piperazine rings is 1. The highest BCUT2D eigenvalue weighted by molar-refractivity contribution is 7.89. The monoisotopic (exact) mass is 461 g/mol. The average Bonchev–Trinajstić information content (AvgIpc) is 2.72. The van der Waals surface area contributed by atoms with Gasteiger partial charge in [0.1, 0.15) is 0 Å². The van der Waals surface area contributed by atoms with E-state index in [4.69, 9.17) is 0 Å². The Morgan fingerprint density at radius 1 is 1.06 bits per heavy atom. The van der Waals surface area contributed by atoms with Crippen molar-refractivity contribution in [2.24, 2.45) is 0 Å². The Morgan fingerprint density at radius 2 is 1.65 bits per heavy atom. The third-order valence-corrected chi connectivity index (χ3v) is 8.32. The minimum Gasteiger partial charge on any atom is -0.336 e. The molecule has 3 rings (SSSR count). The Balaban J connectivity index is 1.67. The van der Waals surface area contributed by atoms with Crippen molar-refractivity contribution < 1.29 is 26.4 Å². The van der Waals surface area contributed by atoms with Gasteiger partial charge in [-0.1, -0.05) is 6.07 Å². The van der Waals surface area contributed by atoms with E-state index < -0.39 is 21.8 Å². The Kier molecular flexibility index (Phi) is 7.02. The van der Waals surface area contributed by atoms with Crippen molar-refractivity contribution in [3.63, 3.8) is 0 Å². The molecule has 2 saturated heterocycles. The number of benzene rings is 1. The smallest absolute Gasteiger partial charge is 0.336 e. The molecule has 0 saturated carbocycles. The summed E-state index contributed by atoms with van der Waals surface area (Å²) in [5.41, 5.74) is -0.990. The van der Waals surface area contributed by atoms with E-state index in [0.29, 0.717) is 19.2 Å². The third-order valence-electron chi connectivity index (χ3n) is 6.43. The Morgan fingerprint density at radius 3 is 2.19 bits per heavy atom. The number of amides is 1. The second kappa shape index (κ2) is 9.07. The van der Waals surface area contributed by atoms with Crippen LogP contribution in [0.25, 0.3) is 0 Å². The van der Waals surface area contributed by atoms with Gasteiger partial charge in [-0.2, -0.15) is 17.5 Å². The summed E-state index contributed by atoms with van der Waals surface area (Å²) in [4.78, 5) is 16.6. The number of carbonyl (C=O) groups is 1. The lowest BCUT2D eigenvalue weighted by Gasteiger charge is -2.43. The zero-order valence-corrected chi connectivity index (χ0v) is 18.9. The number of rotatable bonds is 4. The highest BCUT2D eigenvalue weighted by Crippen LogP contribution is 2.31. The molecule has 10 heteroatoms. The Bertz CT molecular complexity index is 889. The second-order valence-electron chi connectivity index (χ2n) is 8.52. The molecule has 1 amide bonds. The fraction of sp³-hybridized carbons (Fsp3) is 0.667. The standard InChI is InChI=1S/C21H30F3N3O3S/c1-15-6-4-7-16(2)27(15)20(28)17(3)25-10-12-26(13-11-25)31(29,30)19-9-5-8-18(14-19)21(22,23)24/h5,8-9,14-17H,4,6-7,10-13H2,1-3H3/t15-,16-,17-/m1/s1. The van der Waals surface area contributed by atoms with E-state index in [9.17, 15) is 26.4 Å². The van der Waals surface area contributed by atoms with E-state index in [0.717, 1.165) is 31.4 Å². The van der Waals surface area contributed by atoms with Gasteiger partial charge in [0, 0.05) is 38.3 Å². The van der Waals surface area contributed by atoms with Crippen LogP contribution in [-0.4, -0.2) is 72.7 Å². The number of hydrogen-bond acceptors (Lipinski definition) is 4. The van der Waals surface area contributed by atoms with Crippen LogP contribution in [0.4, 0.5) is 13.2 Å². The van der Waals surface area contributed by atoms with Crippen LogP contribution in [0.15, 0.2) is 29.2 Å². The summed E-state index contributed by atoms with van der Waals surface area (Å²) in [5.74, 6) is 0.0499. The maximum Gasteiger partial charge on any atom is 0.416 e. The predicted octanol–water partition coefficient (Wildman–Crippen LogP) is 3.19. The molecule has 0 aliphatic carbocycles. The van der Waals surface area contributed by atoms with Gasteiger partial charge in [0.05, 0.1) is 16.5 Å². The largest absolute Gasteiger partial charge is 0.416 e. The van der Waals surface area contributed by atoms with E-state index in [1.165, 1.54) is 10.4 Å². The summed E-state index contributed by atoms with van der Waals surface area (Å²) in [5, 5.41) is 0. The summed E-state index contributed by atoms with van der Waals surface area (Å²) >= 11 is 0. The molecule has 1 aromatic carbocycles. The van der Waals surface area contributed by atoms with Crippen molar-refractivity contribution in [3.05, 3.63) is 29.8 Å². The van der Waals surface area contributed by atoms with Crippen LogP contribution in [0.2, 0.25) is 0 Å². The molecule has 2 aliphatic heterocycles. The number of sulfonamides is 1. The quantitative estimate of drug-likeness (QED) is 0.691. The maximum atomic E-state index is 13.1. The lowest BCUT2D eigenvalue weighted by molar-refractivity contribution is -0.143. The van der Waals surface area contributed by atoms with Gasteiger partial charge in [-0.25, -0.2) is 8.42 Å². The summed E-state index contributed by atoms with van der Waals surface area (Å²) in [7, 11) is -4.04. The lowest BCUT2D eigenvalue weighted by atomic mass is 9.96. The van der Waals surface area contributed by atoms with E-state index in [2.05, 4.69) is 13.8 Å². The minimum atomic E-state index is -4.61. The summed E-state index contributed by atoms with van der Waals surface area (Å²) in [6, 6.07) is 3.80. The van der Waals surface area contributed by atoms with E-state index >= 15 is 0 Å². The zero-order chi connectivity index (χ0) is 23.0. The van der Waals surface area contributed by atoms with Gasteiger partial charge < -0.3 is 4.90 Å². The van der Waals surface area contributed by atoms with Gasteiger partial charge in [0.2, 0.25) is 15.9 Å². The average molecular weight is 462 g/mol. The number of alkyl halides is 3.